The maximum Gasteiger partial charge on any atom is 0.375 e. The highest BCUT2D eigenvalue weighted by atomic mass is 16.6. The molecule has 3 aromatic carbocycles. The normalized spacial score (nSPS) is 11.6. The number of ether oxygens (including phenoxy) is 1. The quantitative estimate of drug-likeness (QED) is 0.255. The molecule has 9 heteroatoms. The summed E-state index contributed by atoms with van der Waals surface area (Å²) in [6.45, 7) is 1.69. The molecule has 9 nitrogen and oxygen atoms in total. The van der Waals surface area contributed by atoms with E-state index >= 15 is 0 Å². The Morgan fingerprint density at radius 2 is 1.71 bits per heavy atom. The second-order valence-electron chi connectivity index (χ2n) is 7.43. The van der Waals surface area contributed by atoms with Gasteiger partial charge in [-0.2, -0.15) is 0 Å². The van der Waals surface area contributed by atoms with E-state index in [-0.39, 0.29) is 22.7 Å². The second-order valence-corrected chi connectivity index (χ2v) is 7.43. The highest BCUT2D eigenvalue weighted by Gasteiger charge is 2.29. The van der Waals surface area contributed by atoms with Gasteiger partial charge in [0, 0.05) is 17.7 Å². The van der Waals surface area contributed by atoms with Gasteiger partial charge in [-0.15, -0.1) is 0 Å². The van der Waals surface area contributed by atoms with Gasteiger partial charge >= 0.3 is 5.97 Å². The molecule has 4 aromatic rings. The molecule has 1 aromatic heterocycles. The number of aryl methyl sites for hydroxylation is 1. The zero-order valence-corrected chi connectivity index (χ0v) is 17.9. The van der Waals surface area contributed by atoms with Crippen molar-refractivity contribution in [3.05, 3.63) is 116 Å². The molecular weight excluding hydrogens is 440 g/mol. The molecular formula is C25H18N2O7. The number of rotatable bonds is 6. The molecule has 0 radical (unpaired) electrons. The molecule has 0 spiro atoms. The van der Waals surface area contributed by atoms with Crippen LogP contribution in [0, 0.1) is 17.0 Å². The minimum absolute atomic E-state index is 0.0465. The van der Waals surface area contributed by atoms with Crippen LogP contribution in [0.25, 0.3) is 11.0 Å². The predicted molar refractivity (Wildman–Crippen MR) is 124 cm³/mol. The molecule has 1 amide bonds. The SMILES string of the molecule is Cc1ccc(NC(=O)C(OC(=O)c2cc(=O)c3ccccc3o2)c2ccccc2)c([N+](=O)[O-])c1. The number of hydrogen-bond donors (Lipinski definition) is 1. The van der Waals surface area contributed by atoms with Crippen LogP contribution in [0.15, 0.2) is 88.1 Å². The van der Waals surface area contributed by atoms with Crippen LogP contribution in [-0.4, -0.2) is 16.8 Å². The number of nitrogens with one attached hydrogen (secondary N) is 1. The average molecular weight is 458 g/mol. The highest BCUT2D eigenvalue weighted by molar-refractivity contribution is 5.99. The first-order valence-electron chi connectivity index (χ1n) is 10.2. The van der Waals surface area contributed by atoms with Crippen LogP contribution in [0.1, 0.15) is 27.8 Å². The molecule has 34 heavy (non-hydrogen) atoms. The van der Waals surface area contributed by atoms with Gasteiger partial charge in [-0.1, -0.05) is 48.5 Å². The minimum Gasteiger partial charge on any atom is -0.449 e. The van der Waals surface area contributed by atoms with Crippen molar-refractivity contribution in [3.8, 4) is 0 Å². The average Bonchev–Trinajstić information content (AvgIpc) is 2.83. The third-order valence-electron chi connectivity index (χ3n) is 5.01. The van der Waals surface area contributed by atoms with E-state index < -0.39 is 28.3 Å². The number of para-hydroxylation sites is 1. The standard InChI is InChI=1S/C25H18N2O7/c1-15-11-12-18(19(13-15)27(31)32)26-24(29)23(16-7-3-2-4-8-16)34-25(30)22-14-20(28)17-9-5-6-10-21(17)33-22/h2-14,23H,1H3,(H,26,29). The fourth-order valence-corrected chi connectivity index (χ4v) is 3.37. The number of esters is 1. The van der Waals surface area contributed by atoms with E-state index in [1.54, 1.807) is 61.5 Å². The Balaban J connectivity index is 1.67. The molecule has 1 N–H and O–H groups in total. The van der Waals surface area contributed by atoms with Gasteiger partial charge in [0.2, 0.25) is 11.9 Å². The number of anilines is 1. The molecule has 0 bridgehead atoms. The van der Waals surface area contributed by atoms with Crippen LogP contribution in [-0.2, 0) is 9.53 Å². The number of nitro groups is 1. The Hall–Kier alpha value is -4.79. The largest absolute Gasteiger partial charge is 0.449 e. The monoisotopic (exact) mass is 458 g/mol. The second kappa shape index (κ2) is 9.37. The van der Waals surface area contributed by atoms with Crippen molar-refractivity contribution >= 4 is 34.2 Å². The molecule has 0 saturated carbocycles. The molecule has 0 saturated heterocycles. The fraction of sp³-hybridized carbons (Fsp3) is 0.0800. The first-order chi connectivity index (χ1) is 16.3. The predicted octanol–water partition coefficient (Wildman–Crippen LogP) is 4.55. The summed E-state index contributed by atoms with van der Waals surface area (Å²) in [4.78, 5) is 49.1. The number of benzene rings is 3. The van der Waals surface area contributed by atoms with Crippen molar-refractivity contribution in [2.24, 2.45) is 0 Å². The minimum atomic E-state index is -1.47. The van der Waals surface area contributed by atoms with Gasteiger partial charge < -0.3 is 14.5 Å². The lowest BCUT2D eigenvalue weighted by Crippen LogP contribution is -2.26. The van der Waals surface area contributed by atoms with Crippen molar-refractivity contribution in [2.75, 3.05) is 5.32 Å². The van der Waals surface area contributed by atoms with Crippen molar-refractivity contribution in [1.82, 2.24) is 0 Å². The number of nitro benzene ring substituents is 1. The summed E-state index contributed by atoms with van der Waals surface area (Å²) in [6.07, 6.45) is -1.47. The van der Waals surface area contributed by atoms with E-state index in [1.165, 1.54) is 18.2 Å². The van der Waals surface area contributed by atoms with Crippen molar-refractivity contribution in [2.45, 2.75) is 13.0 Å². The van der Waals surface area contributed by atoms with Crippen molar-refractivity contribution in [3.63, 3.8) is 0 Å². The summed E-state index contributed by atoms with van der Waals surface area (Å²) in [6, 6.07) is 19.9. The third-order valence-corrected chi connectivity index (χ3v) is 5.01. The molecule has 1 atom stereocenters. The Labute approximate surface area is 192 Å². The fourth-order valence-electron chi connectivity index (χ4n) is 3.37. The lowest BCUT2D eigenvalue weighted by Gasteiger charge is -2.18. The summed E-state index contributed by atoms with van der Waals surface area (Å²) in [7, 11) is 0. The van der Waals surface area contributed by atoms with E-state index in [0.717, 1.165) is 6.07 Å². The van der Waals surface area contributed by atoms with Gasteiger partial charge in [-0.3, -0.25) is 19.7 Å². The van der Waals surface area contributed by atoms with Crippen molar-refractivity contribution < 1.29 is 23.7 Å². The van der Waals surface area contributed by atoms with Gasteiger partial charge in [-0.05, 0) is 30.7 Å². The lowest BCUT2D eigenvalue weighted by molar-refractivity contribution is -0.384. The molecule has 1 heterocycles. The van der Waals surface area contributed by atoms with Gasteiger partial charge in [0.15, 0.2) is 5.43 Å². The summed E-state index contributed by atoms with van der Waals surface area (Å²) in [5.41, 5.74) is 0.373. The van der Waals surface area contributed by atoms with E-state index in [2.05, 4.69) is 5.32 Å². The summed E-state index contributed by atoms with van der Waals surface area (Å²) >= 11 is 0. The molecule has 0 aliphatic heterocycles. The number of nitrogens with zero attached hydrogens (tertiary/aromatic N) is 1. The molecule has 0 aliphatic carbocycles. The first-order valence-corrected chi connectivity index (χ1v) is 10.2. The van der Waals surface area contributed by atoms with Gasteiger partial charge in [-0.25, -0.2) is 4.79 Å². The van der Waals surface area contributed by atoms with Crippen molar-refractivity contribution in [1.29, 1.82) is 0 Å². The van der Waals surface area contributed by atoms with E-state index in [9.17, 15) is 24.5 Å². The van der Waals surface area contributed by atoms with Crippen LogP contribution in [0.5, 0.6) is 0 Å². The Kier molecular flexibility index (Phi) is 6.18. The third kappa shape index (κ3) is 4.68. The Morgan fingerprint density at radius 3 is 2.44 bits per heavy atom. The van der Waals surface area contributed by atoms with Gasteiger partial charge in [0.25, 0.3) is 11.6 Å². The van der Waals surface area contributed by atoms with E-state index in [1.807, 2.05) is 0 Å². The summed E-state index contributed by atoms with van der Waals surface area (Å²) in [5, 5.41) is 14.2. The lowest BCUT2D eigenvalue weighted by atomic mass is 10.1. The zero-order chi connectivity index (χ0) is 24.2. The number of amides is 1. The maximum atomic E-state index is 13.1. The zero-order valence-electron chi connectivity index (χ0n) is 17.9. The summed E-state index contributed by atoms with van der Waals surface area (Å²) < 4.78 is 10.9. The van der Waals surface area contributed by atoms with Crippen LogP contribution in [0.3, 0.4) is 0 Å². The smallest absolute Gasteiger partial charge is 0.375 e. The molecule has 1 unspecified atom stereocenters. The molecule has 170 valence electrons. The molecule has 0 fully saturated rings. The van der Waals surface area contributed by atoms with E-state index in [0.29, 0.717) is 16.5 Å². The first kappa shape index (κ1) is 22.4. The topological polar surface area (TPSA) is 129 Å². The van der Waals surface area contributed by atoms with Crippen LogP contribution in [0.2, 0.25) is 0 Å². The van der Waals surface area contributed by atoms with Gasteiger partial charge in [0.05, 0.1) is 10.3 Å². The number of carbonyl (C=O) groups excluding carboxylic acids is 2. The molecule has 4 rings (SSSR count). The Morgan fingerprint density at radius 1 is 1.00 bits per heavy atom. The van der Waals surface area contributed by atoms with Crippen LogP contribution < -0.4 is 10.7 Å². The number of hydrogen-bond acceptors (Lipinski definition) is 7. The van der Waals surface area contributed by atoms with Crippen LogP contribution in [0.4, 0.5) is 11.4 Å². The number of fused-ring (bicyclic) bond motifs is 1. The highest BCUT2D eigenvalue weighted by Crippen LogP contribution is 2.28. The molecule has 0 aliphatic rings. The maximum absolute atomic E-state index is 13.1. The number of carbonyl (C=O) groups is 2. The Bertz CT molecular complexity index is 1460. The summed E-state index contributed by atoms with van der Waals surface area (Å²) in [5.74, 6) is -2.22. The van der Waals surface area contributed by atoms with Gasteiger partial charge in [0.1, 0.15) is 11.3 Å². The van der Waals surface area contributed by atoms with E-state index in [4.69, 9.17) is 9.15 Å². The van der Waals surface area contributed by atoms with Crippen LogP contribution >= 0.6 is 0 Å².